The van der Waals surface area contributed by atoms with Crippen molar-refractivity contribution in [2.45, 2.75) is 4.90 Å². The number of likely N-dealkylation sites (N-methyl/N-ethyl adjacent to an activating group) is 1. The third-order valence-corrected chi connectivity index (χ3v) is 5.98. The maximum atomic E-state index is 12.8. The minimum atomic E-state index is -3.66. The Labute approximate surface area is 158 Å². The van der Waals surface area contributed by atoms with Crippen molar-refractivity contribution >= 4 is 27.6 Å². The maximum Gasteiger partial charge on any atom is 0.354 e. The lowest BCUT2D eigenvalue weighted by Gasteiger charge is -2.31. The van der Waals surface area contributed by atoms with Gasteiger partial charge in [0.15, 0.2) is 0 Å². The van der Waals surface area contributed by atoms with Gasteiger partial charge in [-0.25, -0.2) is 18.0 Å². The van der Waals surface area contributed by atoms with Crippen molar-refractivity contribution in [3.05, 3.63) is 36.0 Å². The fourth-order valence-electron chi connectivity index (χ4n) is 2.50. The summed E-state index contributed by atoms with van der Waals surface area (Å²) in [6.07, 6.45) is 0.938. The van der Waals surface area contributed by atoms with Crippen LogP contribution in [0.15, 0.2) is 40.9 Å². The lowest BCUT2D eigenvalue weighted by atomic mass is 10.3. The van der Waals surface area contributed by atoms with Crippen LogP contribution in [0.4, 0.5) is 5.69 Å². The first kappa shape index (κ1) is 20.9. The van der Waals surface area contributed by atoms with E-state index in [-0.39, 0.29) is 10.6 Å². The van der Waals surface area contributed by atoms with Crippen molar-refractivity contribution in [3.63, 3.8) is 0 Å². The standard InChI is InChI=1S/C17H23N3O6S/c1-19-7-9-20(10-8-19)27(23,24)14-6-4-5-13(11-14)18-15(17(22)26-3)12-16(21)25-2/h4-6,11-12,18H,7-10H2,1-3H3/b15-12+. The molecule has 0 radical (unpaired) electrons. The van der Waals surface area contributed by atoms with E-state index in [0.29, 0.717) is 31.9 Å². The summed E-state index contributed by atoms with van der Waals surface area (Å²) in [5.41, 5.74) is 0.157. The highest BCUT2D eigenvalue weighted by Gasteiger charge is 2.27. The molecule has 1 fully saturated rings. The topological polar surface area (TPSA) is 105 Å². The second-order valence-corrected chi connectivity index (χ2v) is 7.87. The van der Waals surface area contributed by atoms with Crippen molar-refractivity contribution < 1.29 is 27.5 Å². The Kier molecular flexibility index (Phi) is 6.94. The SMILES string of the molecule is COC(=O)/C=C(/Nc1cccc(S(=O)(=O)N2CCN(C)CC2)c1)C(=O)OC. The zero-order valence-corrected chi connectivity index (χ0v) is 16.3. The highest BCUT2D eigenvalue weighted by atomic mass is 32.2. The number of anilines is 1. The molecular formula is C17H23N3O6S. The van der Waals surface area contributed by atoms with Gasteiger partial charge in [0.2, 0.25) is 10.0 Å². The van der Waals surface area contributed by atoms with E-state index in [9.17, 15) is 18.0 Å². The smallest absolute Gasteiger partial charge is 0.354 e. The molecule has 1 aliphatic rings. The van der Waals surface area contributed by atoms with Crippen molar-refractivity contribution in [2.24, 2.45) is 0 Å². The van der Waals surface area contributed by atoms with Gasteiger partial charge in [0.1, 0.15) is 5.70 Å². The van der Waals surface area contributed by atoms with Crippen LogP contribution < -0.4 is 5.32 Å². The Morgan fingerprint density at radius 3 is 2.37 bits per heavy atom. The van der Waals surface area contributed by atoms with Crippen LogP contribution in [-0.2, 0) is 29.1 Å². The molecule has 0 unspecified atom stereocenters. The molecule has 9 nitrogen and oxygen atoms in total. The molecule has 0 aromatic heterocycles. The van der Waals surface area contributed by atoms with Crippen LogP contribution in [0.2, 0.25) is 0 Å². The Morgan fingerprint density at radius 2 is 1.78 bits per heavy atom. The number of nitrogens with one attached hydrogen (secondary N) is 1. The molecule has 1 aromatic carbocycles. The van der Waals surface area contributed by atoms with E-state index in [2.05, 4.69) is 19.7 Å². The minimum absolute atomic E-state index is 0.0966. The van der Waals surface area contributed by atoms with Crippen LogP contribution in [-0.4, -0.2) is 77.0 Å². The van der Waals surface area contributed by atoms with Crippen LogP contribution in [0.1, 0.15) is 0 Å². The molecule has 10 heteroatoms. The average Bonchev–Trinajstić information content (AvgIpc) is 2.67. The summed E-state index contributed by atoms with van der Waals surface area (Å²) < 4.78 is 36.3. The minimum Gasteiger partial charge on any atom is -0.466 e. The van der Waals surface area contributed by atoms with Crippen molar-refractivity contribution in [1.82, 2.24) is 9.21 Å². The molecule has 0 aliphatic carbocycles. The number of hydrogen-bond acceptors (Lipinski definition) is 8. The van der Waals surface area contributed by atoms with E-state index in [1.54, 1.807) is 12.1 Å². The van der Waals surface area contributed by atoms with Gasteiger partial charge in [-0.15, -0.1) is 0 Å². The molecule has 1 N–H and O–H groups in total. The quantitative estimate of drug-likeness (QED) is 0.539. The van der Waals surface area contributed by atoms with Crippen LogP contribution in [0, 0.1) is 0 Å². The van der Waals surface area contributed by atoms with Gasteiger partial charge < -0.3 is 19.7 Å². The average molecular weight is 397 g/mol. The molecular weight excluding hydrogens is 374 g/mol. The van der Waals surface area contributed by atoms with Crippen LogP contribution in [0.25, 0.3) is 0 Å². The summed E-state index contributed by atoms with van der Waals surface area (Å²) in [7, 11) is 0.631. The predicted molar refractivity (Wildman–Crippen MR) is 98.4 cm³/mol. The highest BCUT2D eigenvalue weighted by Crippen LogP contribution is 2.22. The number of carbonyl (C=O) groups is 2. The van der Waals surface area contributed by atoms with E-state index >= 15 is 0 Å². The van der Waals surface area contributed by atoms with Crippen molar-refractivity contribution in [1.29, 1.82) is 0 Å². The molecule has 1 saturated heterocycles. The molecule has 1 aliphatic heterocycles. The molecule has 27 heavy (non-hydrogen) atoms. The summed E-state index contributed by atoms with van der Waals surface area (Å²) in [6, 6.07) is 6.03. The Morgan fingerprint density at radius 1 is 1.11 bits per heavy atom. The van der Waals surface area contributed by atoms with Gasteiger partial charge >= 0.3 is 11.9 Å². The van der Waals surface area contributed by atoms with Gasteiger partial charge in [-0.2, -0.15) is 4.31 Å². The zero-order chi connectivity index (χ0) is 20.0. The third kappa shape index (κ3) is 5.28. The number of benzene rings is 1. The third-order valence-electron chi connectivity index (χ3n) is 4.08. The lowest BCUT2D eigenvalue weighted by Crippen LogP contribution is -2.47. The van der Waals surface area contributed by atoms with Gasteiger partial charge in [0.25, 0.3) is 0 Å². The van der Waals surface area contributed by atoms with Gasteiger partial charge in [-0.05, 0) is 25.2 Å². The summed E-state index contributed by atoms with van der Waals surface area (Å²) in [5.74, 6) is -1.53. The van der Waals surface area contributed by atoms with Gasteiger partial charge in [0, 0.05) is 31.9 Å². The van der Waals surface area contributed by atoms with Crippen LogP contribution >= 0.6 is 0 Å². The molecule has 0 bridgehead atoms. The summed E-state index contributed by atoms with van der Waals surface area (Å²) >= 11 is 0. The largest absolute Gasteiger partial charge is 0.466 e. The Balaban J connectivity index is 2.27. The molecule has 148 valence electrons. The number of hydrogen-bond donors (Lipinski definition) is 1. The number of carbonyl (C=O) groups excluding carboxylic acids is 2. The normalized spacial score (nSPS) is 16.6. The van der Waals surface area contributed by atoms with E-state index in [0.717, 1.165) is 6.08 Å². The Bertz CT molecular complexity index is 829. The molecule has 1 aromatic rings. The zero-order valence-electron chi connectivity index (χ0n) is 15.5. The maximum absolute atomic E-state index is 12.8. The summed E-state index contributed by atoms with van der Waals surface area (Å²) in [4.78, 5) is 25.4. The molecule has 0 spiro atoms. The fraction of sp³-hybridized carbons (Fsp3) is 0.412. The van der Waals surface area contributed by atoms with Gasteiger partial charge in [-0.3, -0.25) is 0 Å². The molecule has 2 rings (SSSR count). The van der Waals surface area contributed by atoms with Gasteiger partial charge in [-0.1, -0.05) is 6.07 Å². The van der Waals surface area contributed by atoms with Crippen LogP contribution in [0.3, 0.4) is 0 Å². The van der Waals surface area contributed by atoms with E-state index in [1.165, 1.54) is 30.7 Å². The van der Waals surface area contributed by atoms with Crippen molar-refractivity contribution in [3.8, 4) is 0 Å². The number of esters is 2. The second kappa shape index (κ2) is 8.98. The first-order chi connectivity index (χ1) is 12.8. The highest BCUT2D eigenvalue weighted by molar-refractivity contribution is 7.89. The van der Waals surface area contributed by atoms with Crippen LogP contribution in [0.5, 0.6) is 0 Å². The van der Waals surface area contributed by atoms with Gasteiger partial charge in [0.05, 0.1) is 25.2 Å². The number of rotatable bonds is 6. The number of methoxy groups -OCH3 is 2. The number of ether oxygens (including phenoxy) is 2. The first-order valence-corrected chi connectivity index (χ1v) is 9.65. The van der Waals surface area contributed by atoms with E-state index in [4.69, 9.17) is 0 Å². The molecule has 1 heterocycles. The monoisotopic (exact) mass is 397 g/mol. The number of nitrogens with zero attached hydrogens (tertiary/aromatic N) is 2. The summed E-state index contributed by atoms with van der Waals surface area (Å²) in [5, 5.41) is 2.71. The van der Waals surface area contributed by atoms with Crippen molar-refractivity contribution in [2.75, 3.05) is 52.8 Å². The first-order valence-electron chi connectivity index (χ1n) is 8.21. The van der Waals surface area contributed by atoms with E-state index in [1.807, 2.05) is 7.05 Å². The Hall–Kier alpha value is -2.43. The second-order valence-electron chi connectivity index (χ2n) is 5.93. The summed E-state index contributed by atoms with van der Waals surface area (Å²) in [6.45, 7) is 2.13. The van der Waals surface area contributed by atoms with E-state index < -0.39 is 22.0 Å². The number of sulfonamides is 1. The predicted octanol–water partition coefficient (Wildman–Crippen LogP) is 0.265. The lowest BCUT2D eigenvalue weighted by molar-refractivity contribution is -0.138. The fourth-order valence-corrected chi connectivity index (χ4v) is 3.97. The molecule has 0 saturated carbocycles. The molecule has 0 amide bonds. The number of piperazine rings is 1. The molecule has 0 atom stereocenters.